The van der Waals surface area contributed by atoms with Crippen molar-refractivity contribution < 1.29 is 24.6 Å². The van der Waals surface area contributed by atoms with E-state index in [9.17, 15) is 19.5 Å². The number of benzene rings is 1. The molecule has 1 aliphatic heterocycles. The molecular formula is C20H25N3O5. The molecule has 0 saturated heterocycles. The lowest BCUT2D eigenvalue weighted by Crippen LogP contribution is -2.40. The van der Waals surface area contributed by atoms with Crippen LogP contribution in [0.2, 0.25) is 0 Å². The van der Waals surface area contributed by atoms with Crippen molar-refractivity contribution in [2.45, 2.75) is 37.6 Å². The third-order valence-corrected chi connectivity index (χ3v) is 5.39. The van der Waals surface area contributed by atoms with Crippen LogP contribution in [0.3, 0.4) is 0 Å². The van der Waals surface area contributed by atoms with Crippen LogP contribution in [0.15, 0.2) is 41.7 Å². The van der Waals surface area contributed by atoms with Crippen LogP contribution >= 0.6 is 0 Å². The van der Waals surface area contributed by atoms with Crippen molar-refractivity contribution in [1.82, 2.24) is 15.5 Å². The molecule has 1 saturated carbocycles. The van der Waals surface area contributed by atoms with Crippen molar-refractivity contribution in [2.24, 2.45) is 0 Å². The normalized spacial score (nSPS) is 22.3. The number of rotatable bonds is 6. The molecule has 0 radical (unpaired) electrons. The predicted octanol–water partition coefficient (Wildman–Crippen LogP) is 1.75. The largest absolute Gasteiger partial charge is 0.503 e. The average molecular weight is 387 g/mol. The molecule has 0 aromatic heterocycles. The van der Waals surface area contributed by atoms with Gasteiger partial charge in [0.25, 0.3) is 11.8 Å². The number of hydrogen-bond donors (Lipinski definition) is 4. The lowest BCUT2D eigenvalue weighted by molar-refractivity contribution is -0.127. The smallest absolute Gasteiger partial charge is 0.404 e. The van der Waals surface area contributed by atoms with Crippen molar-refractivity contribution in [3.63, 3.8) is 0 Å². The molecule has 3 amide bonds. The van der Waals surface area contributed by atoms with E-state index in [4.69, 9.17) is 5.11 Å². The minimum Gasteiger partial charge on any atom is -0.503 e. The van der Waals surface area contributed by atoms with Gasteiger partial charge in [0.15, 0.2) is 5.76 Å². The molecule has 8 heteroatoms. The van der Waals surface area contributed by atoms with Gasteiger partial charge in [-0.2, -0.15) is 0 Å². The lowest BCUT2D eigenvalue weighted by atomic mass is 9.82. The minimum atomic E-state index is -1.19. The van der Waals surface area contributed by atoms with E-state index in [1.807, 2.05) is 18.2 Å². The number of hydrogen-bond acceptors (Lipinski definition) is 4. The number of carbonyl (C=O) groups excluding carboxylic acids is 2. The maximum atomic E-state index is 12.5. The topological polar surface area (TPSA) is 119 Å². The van der Waals surface area contributed by atoms with E-state index in [0.717, 1.165) is 25.7 Å². The van der Waals surface area contributed by atoms with E-state index in [1.165, 1.54) is 10.5 Å². The number of carbonyl (C=O) groups is 3. The molecular weight excluding hydrogens is 362 g/mol. The molecule has 28 heavy (non-hydrogen) atoms. The standard InChI is InChI=1S/C20H25N3O5/c24-17-16(12-23(19(17)26)11-10-21-20(27)28)18(25)22-15-8-6-14(7-9-15)13-4-2-1-3-5-13/h1-5,14-15,21,24H,6-12H2,(H,22,25)(H,27,28)/t14-,15+. The van der Waals surface area contributed by atoms with E-state index in [2.05, 4.69) is 22.8 Å². The monoisotopic (exact) mass is 387 g/mol. The Bertz CT molecular complexity index is 769. The van der Waals surface area contributed by atoms with Gasteiger partial charge in [-0.05, 0) is 37.2 Å². The van der Waals surface area contributed by atoms with Gasteiger partial charge >= 0.3 is 6.09 Å². The van der Waals surface area contributed by atoms with Gasteiger partial charge in [0.2, 0.25) is 0 Å². The quantitative estimate of drug-likeness (QED) is 0.593. The van der Waals surface area contributed by atoms with Crippen LogP contribution < -0.4 is 10.6 Å². The summed E-state index contributed by atoms with van der Waals surface area (Å²) in [6, 6.07) is 10.3. The molecule has 1 aromatic carbocycles. The van der Waals surface area contributed by atoms with E-state index in [1.54, 1.807) is 0 Å². The number of carboxylic acid groups (broad SMARTS) is 1. The highest BCUT2D eigenvalue weighted by atomic mass is 16.4. The van der Waals surface area contributed by atoms with Gasteiger partial charge in [-0.25, -0.2) is 4.79 Å². The maximum absolute atomic E-state index is 12.5. The summed E-state index contributed by atoms with van der Waals surface area (Å²) in [6.45, 7) is 0.109. The first-order valence-electron chi connectivity index (χ1n) is 9.49. The van der Waals surface area contributed by atoms with Crippen LogP contribution in [0.5, 0.6) is 0 Å². The first-order chi connectivity index (χ1) is 13.5. The number of aliphatic hydroxyl groups is 1. The Morgan fingerprint density at radius 1 is 1.11 bits per heavy atom. The molecule has 1 fully saturated rings. The third-order valence-electron chi connectivity index (χ3n) is 5.39. The highest BCUT2D eigenvalue weighted by Gasteiger charge is 2.34. The minimum absolute atomic E-state index is 0.0167. The molecule has 0 unspecified atom stereocenters. The van der Waals surface area contributed by atoms with Crippen LogP contribution in [0.25, 0.3) is 0 Å². The summed E-state index contributed by atoms with van der Waals surface area (Å²) in [7, 11) is 0. The molecule has 1 aromatic rings. The average Bonchev–Trinajstić information content (AvgIpc) is 2.98. The Labute approximate surface area is 163 Å². The third kappa shape index (κ3) is 4.62. The van der Waals surface area contributed by atoms with Crippen molar-refractivity contribution in [1.29, 1.82) is 0 Å². The van der Waals surface area contributed by atoms with Crippen molar-refractivity contribution in [2.75, 3.05) is 19.6 Å². The summed E-state index contributed by atoms with van der Waals surface area (Å²) >= 11 is 0. The summed E-state index contributed by atoms with van der Waals surface area (Å²) < 4.78 is 0. The van der Waals surface area contributed by atoms with Crippen molar-refractivity contribution >= 4 is 17.9 Å². The molecule has 8 nitrogen and oxygen atoms in total. The number of nitrogens with zero attached hydrogens (tertiary/aromatic N) is 1. The van der Waals surface area contributed by atoms with Gasteiger partial charge < -0.3 is 25.7 Å². The van der Waals surface area contributed by atoms with E-state index in [0.29, 0.717) is 5.92 Å². The van der Waals surface area contributed by atoms with Crippen LogP contribution in [-0.4, -0.2) is 58.7 Å². The van der Waals surface area contributed by atoms with Crippen molar-refractivity contribution in [3.05, 3.63) is 47.2 Å². The zero-order valence-electron chi connectivity index (χ0n) is 15.6. The highest BCUT2D eigenvalue weighted by molar-refractivity contribution is 6.07. The summed E-state index contributed by atoms with van der Waals surface area (Å²) in [5, 5.41) is 23.7. The second kappa shape index (κ2) is 8.77. The Hall–Kier alpha value is -3.03. The fourth-order valence-electron chi connectivity index (χ4n) is 3.84. The van der Waals surface area contributed by atoms with Gasteiger partial charge in [-0.1, -0.05) is 30.3 Å². The first-order valence-corrected chi connectivity index (χ1v) is 9.49. The zero-order valence-corrected chi connectivity index (χ0v) is 15.6. The summed E-state index contributed by atoms with van der Waals surface area (Å²) in [4.78, 5) is 36.3. The van der Waals surface area contributed by atoms with Gasteiger partial charge in [-0.3, -0.25) is 9.59 Å². The van der Waals surface area contributed by atoms with Crippen LogP contribution in [0.1, 0.15) is 37.2 Å². The molecule has 150 valence electrons. The van der Waals surface area contributed by atoms with Gasteiger partial charge in [-0.15, -0.1) is 0 Å². The number of nitrogens with one attached hydrogen (secondary N) is 2. The molecule has 3 rings (SSSR count). The molecule has 0 spiro atoms. The Kier molecular flexibility index (Phi) is 6.18. The summed E-state index contributed by atoms with van der Waals surface area (Å²) in [5.74, 6) is -1.13. The fourth-order valence-corrected chi connectivity index (χ4v) is 3.84. The van der Waals surface area contributed by atoms with Crippen molar-refractivity contribution in [3.8, 4) is 0 Å². The summed E-state index contributed by atoms with van der Waals surface area (Å²) in [6.07, 6.45) is 2.46. The van der Waals surface area contributed by atoms with Gasteiger partial charge in [0.05, 0.1) is 12.1 Å². The Morgan fingerprint density at radius 3 is 2.43 bits per heavy atom. The maximum Gasteiger partial charge on any atom is 0.404 e. The van der Waals surface area contributed by atoms with E-state index >= 15 is 0 Å². The zero-order chi connectivity index (χ0) is 20.1. The molecule has 1 aliphatic carbocycles. The molecule has 0 bridgehead atoms. The number of amides is 3. The highest BCUT2D eigenvalue weighted by Crippen LogP contribution is 2.32. The number of aliphatic hydroxyl groups excluding tert-OH is 1. The molecule has 0 atom stereocenters. The van der Waals surface area contributed by atoms with Gasteiger partial charge in [0, 0.05) is 19.1 Å². The van der Waals surface area contributed by atoms with Crippen LogP contribution in [0, 0.1) is 0 Å². The van der Waals surface area contributed by atoms with E-state index < -0.39 is 23.7 Å². The predicted molar refractivity (Wildman–Crippen MR) is 102 cm³/mol. The Morgan fingerprint density at radius 2 is 1.79 bits per heavy atom. The Balaban J connectivity index is 1.49. The summed E-state index contributed by atoms with van der Waals surface area (Å²) in [5.41, 5.74) is 1.37. The second-order valence-corrected chi connectivity index (χ2v) is 7.22. The molecule has 4 N–H and O–H groups in total. The van der Waals surface area contributed by atoms with Crippen LogP contribution in [-0.2, 0) is 9.59 Å². The SMILES string of the molecule is O=C(O)NCCN1CC(C(=O)N[C@H]2CC[C@@H](c3ccccc3)CC2)=C(O)C1=O. The fraction of sp³-hybridized carbons (Fsp3) is 0.450. The molecule has 1 heterocycles. The second-order valence-electron chi connectivity index (χ2n) is 7.22. The molecule has 2 aliphatic rings. The lowest BCUT2D eigenvalue weighted by Gasteiger charge is -2.29. The van der Waals surface area contributed by atoms with Gasteiger partial charge in [0.1, 0.15) is 0 Å². The van der Waals surface area contributed by atoms with E-state index in [-0.39, 0.29) is 31.2 Å². The first kappa shape index (κ1) is 19.7. The van der Waals surface area contributed by atoms with Crippen LogP contribution in [0.4, 0.5) is 4.79 Å².